The summed E-state index contributed by atoms with van der Waals surface area (Å²) in [5.74, 6) is 1.14. The van der Waals surface area contributed by atoms with Gasteiger partial charge in [-0.2, -0.15) is 11.3 Å². The minimum atomic E-state index is 0. The van der Waals surface area contributed by atoms with Gasteiger partial charge >= 0.3 is 0 Å². The highest BCUT2D eigenvalue weighted by atomic mass is 127. The largest absolute Gasteiger partial charge is 0.508 e. The smallest absolute Gasteiger partial charge is 0.191 e. The predicted molar refractivity (Wildman–Crippen MR) is 104 cm³/mol. The number of nitrogens with zero attached hydrogens (tertiary/aromatic N) is 1. The summed E-state index contributed by atoms with van der Waals surface area (Å²) in [6, 6.07) is 9.47. The third-order valence-corrected chi connectivity index (χ3v) is 3.87. The first kappa shape index (κ1) is 18.8. The summed E-state index contributed by atoms with van der Waals surface area (Å²) < 4.78 is 0. The molecule has 22 heavy (non-hydrogen) atoms. The zero-order valence-corrected chi connectivity index (χ0v) is 15.7. The second-order valence-electron chi connectivity index (χ2n) is 4.75. The molecule has 120 valence electrons. The number of aryl methyl sites for hydroxylation is 1. The fourth-order valence-electron chi connectivity index (χ4n) is 1.96. The number of guanidine groups is 1. The number of aromatic hydroxyl groups is 1. The van der Waals surface area contributed by atoms with Crippen LogP contribution in [0.3, 0.4) is 0 Å². The van der Waals surface area contributed by atoms with Crippen LogP contribution in [0.1, 0.15) is 17.5 Å². The molecule has 0 fully saturated rings. The van der Waals surface area contributed by atoms with E-state index in [0.717, 1.165) is 31.9 Å². The first-order valence-electron chi connectivity index (χ1n) is 7.01. The van der Waals surface area contributed by atoms with Crippen LogP contribution in [0, 0.1) is 0 Å². The molecule has 1 aromatic carbocycles. The maximum absolute atomic E-state index is 9.23. The second kappa shape index (κ2) is 10.4. The van der Waals surface area contributed by atoms with Crippen molar-refractivity contribution in [2.75, 3.05) is 13.6 Å². The summed E-state index contributed by atoms with van der Waals surface area (Å²) in [4.78, 5) is 4.21. The summed E-state index contributed by atoms with van der Waals surface area (Å²) in [7, 11) is 1.78. The number of benzene rings is 1. The third-order valence-electron chi connectivity index (χ3n) is 3.13. The number of aliphatic imine (C=N–C) groups is 1. The van der Waals surface area contributed by atoms with E-state index in [1.54, 1.807) is 30.5 Å². The molecule has 0 saturated heterocycles. The molecule has 3 N–H and O–H groups in total. The lowest BCUT2D eigenvalue weighted by Gasteiger charge is -2.11. The Balaban J connectivity index is 0.00000242. The van der Waals surface area contributed by atoms with Crippen LogP contribution in [0.15, 0.2) is 46.1 Å². The highest BCUT2D eigenvalue weighted by Crippen LogP contribution is 2.10. The van der Waals surface area contributed by atoms with E-state index >= 15 is 0 Å². The normalized spacial score (nSPS) is 10.9. The van der Waals surface area contributed by atoms with E-state index in [9.17, 15) is 5.11 Å². The van der Waals surface area contributed by atoms with Gasteiger partial charge in [-0.05, 0) is 52.9 Å². The van der Waals surface area contributed by atoms with Crippen LogP contribution in [-0.2, 0) is 13.0 Å². The molecule has 6 heteroatoms. The predicted octanol–water partition coefficient (Wildman–Crippen LogP) is 3.37. The Kier molecular flexibility index (Phi) is 8.91. The number of hydrogen-bond acceptors (Lipinski definition) is 3. The number of thiophene rings is 1. The summed E-state index contributed by atoms with van der Waals surface area (Å²) in [6.45, 7) is 1.66. The number of phenols is 1. The molecule has 0 saturated carbocycles. The molecule has 2 aromatic rings. The SMILES string of the molecule is CN=C(NCCCc1ccc(O)cc1)NCc1ccsc1.I. The Bertz CT molecular complexity index is 555. The van der Waals surface area contributed by atoms with Gasteiger partial charge in [-0.25, -0.2) is 0 Å². The maximum Gasteiger partial charge on any atom is 0.191 e. The maximum atomic E-state index is 9.23. The fourth-order valence-corrected chi connectivity index (χ4v) is 2.63. The van der Waals surface area contributed by atoms with Gasteiger partial charge in [-0.3, -0.25) is 4.99 Å². The molecule has 0 aliphatic rings. The molecule has 0 radical (unpaired) electrons. The van der Waals surface area contributed by atoms with E-state index in [4.69, 9.17) is 0 Å². The Morgan fingerprint density at radius 2 is 1.91 bits per heavy atom. The van der Waals surface area contributed by atoms with Gasteiger partial charge < -0.3 is 15.7 Å². The highest BCUT2D eigenvalue weighted by Gasteiger charge is 1.99. The molecule has 0 amide bonds. The van der Waals surface area contributed by atoms with Crippen molar-refractivity contribution < 1.29 is 5.11 Å². The van der Waals surface area contributed by atoms with E-state index in [2.05, 4.69) is 32.5 Å². The number of phenolic OH excluding ortho intramolecular Hbond substituents is 1. The average Bonchev–Trinajstić information content (AvgIpc) is 3.02. The Morgan fingerprint density at radius 1 is 1.14 bits per heavy atom. The minimum absolute atomic E-state index is 0. The van der Waals surface area contributed by atoms with Crippen molar-refractivity contribution in [2.24, 2.45) is 4.99 Å². The van der Waals surface area contributed by atoms with Crippen molar-refractivity contribution in [3.8, 4) is 5.75 Å². The molecule has 0 aliphatic carbocycles. The van der Waals surface area contributed by atoms with Crippen LogP contribution in [0.25, 0.3) is 0 Å². The van der Waals surface area contributed by atoms with Gasteiger partial charge in [0.15, 0.2) is 5.96 Å². The van der Waals surface area contributed by atoms with Crippen molar-refractivity contribution in [1.82, 2.24) is 10.6 Å². The Hall–Kier alpha value is -1.28. The number of halogens is 1. The summed E-state index contributed by atoms with van der Waals surface area (Å²) in [5.41, 5.74) is 2.50. The zero-order valence-electron chi connectivity index (χ0n) is 12.6. The first-order valence-corrected chi connectivity index (χ1v) is 7.95. The van der Waals surface area contributed by atoms with Crippen molar-refractivity contribution in [1.29, 1.82) is 0 Å². The van der Waals surface area contributed by atoms with Gasteiger partial charge in [-0.15, -0.1) is 24.0 Å². The van der Waals surface area contributed by atoms with Crippen molar-refractivity contribution >= 4 is 41.3 Å². The molecule has 0 bridgehead atoms. The summed E-state index contributed by atoms with van der Waals surface area (Å²) in [6.07, 6.45) is 2.00. The monoisotopic (exact) mass is 431 g/mol. The number of nitrogens with one attached hydrogen (secondary N) is 2. The van der Waals surface area contributed by atoms with Crippen LogP contribution < -0.4 is 10.6 Å². The van der Waals surface area contributed by atoms with Crippen LogP contribution in [0.4, 0.5) is 0 Å². The lowest BCUT2D eigenvalue weighted by molar-refractivity contribution is 0.475. The number of hydrogen-bond donors (Lipinski definition) is 3. The quantitative estimate of drug-likeness (QED) is 0.285. The fraction of sp³-hybridized carbons (Fsp3) is 0.312. The summed E-state index contributed by atoms with van der Waals surface area (Å²) >= 11 is 1.70. The van der Waals surface area contributed by atoms with Gasteiger partial charge in [0, 0.05) is 20.1 Å². The van der Waals surface area contributed by atoms with E-state index in [1.165, 1.54) is 11.1 Å². The van der Waals surface area contributed by atoms with Crippen molar-refractivity contribution in [3.63, 3.8) is 0 Å². The molecule has 0 atom stereocenters. The van der Waals surface area contributed by atoms with Crippen LogP contribution in [-0.4, -0.2) is 24.7 Å². The molecule has 0 spiro atoms. The molecular formula is C16H22IN3OS. The zero-order chi connectivity index (χ0) is 14.9. The minimum Gasteiger partial charge on any atom is -0.508 e. The molecule has 4 nitrogen and oxygen atoms in total. The Morgan fingerprint density at radius 3 is 2.55 bits per heavy atom. The van der Waals surface area contributed by atoms with Crippen LogP contribution >= 0.6 is 35.3 Å². The first-order chi connectivity index (χ1) is 10.3. The second-order valence-corrected chi connectivity index (χ2v) is 5.53. The van der Waals surface area contributed by atoms with Crippen molar-refractivity contribution in [2.45, 2.75) is 19.4 Å². The van der Waals surface area contributed by atoms with Crippen molar-refractivity contribution in [3.05, 3.63) is 52.2 Å². The number of rotatable bonds is 6. The standard InChI is InChI=1S/C16H21N3OS.HI/c1-17-16(19-11-14-8-10-21-12-14)18-9-2-3-13-4-6-15(20)7-5-13;/h4-8,10,12,20H,2-3,9,11H2,1H3,(H2,17,18,19);1H. The van der Waals surface area contributed by atoms with E-state index in [-0.39, 0.29) is 24.0 Å². The van der Waals surface area contributed by atoms with Gasteiger partial charge in [0.25, 0.3) is 0 Å². The lowest BCUT2D eigenvalue weighted by atomic mass is 10.1. The van der Waals surface area contributed by atoms with Gasteiger partial charge in [0.1, 0.15) is 5.75 Å². The average molecular weight is 431 g/mol. The summed E-state index contributed by atoms with van der Waals surface area (Å²) in [5, 5.41) is 20.0. The van der Waals surface area contributed by atoms with Gasteiger partial charge in [0.2, 0.25) is 0 Å². The van der Waals surface area contributed by atoms with Gasteiger partial charge in [-0.1, -0.05) is 12.1 Å². The topological polar surface area (TPSA) is 56.7 Å². The van der Waals surface area contributed by atoms with E-state index in [1.807, 2.05) is 12.1 Å². The highest BCUT2D eigenvalue weighted by molar-refractivity contribution is 14.0. The van der Waals surface area contributed by atoms with E-state index in [0.29, 0.717) is 5.75 Å². The molecule has 0 unspecified atom stereocenters. The molecule has 2 rings (SSSR count). The lowest BCUT2D eigenvalue weighted by Crippen LogP contribution is -2.37. The Labute approximate surface area is 152 Å². The van der Waals surface area contributed by atoms with Crippen LogP contribution in [0.5, 0.6) is 5.75 Å². The van der Waals surface area contributed by atoms with Gasteiger partial charge in [0.05, 0.1) is 0 Å². The third kappa shape index (κ3) is 6.65. The molecule has 1 aromatic heterocycles. The molecule has 0 aliphatic heterocycles. The molecular weight excluding hydrogens is 409 g/mol. The van der Waals surface area contributed by atoms with Crippen LogP contribution in [0.2, 0.25) is 0 Å². The molecule has 1 heterocycles. The van der Waals surface area contributed by atoms with E-state index < -0.39 is 0 Å².